The Morgan fingerprint density at radius 3 is 2.47 bits per heavy atom. The zero-order valence-electron chi connectivity index (χ0n) is 10.6. The standard InChI is InChI=1S/C10H17N.CH4O4S/c1-3-4-7-11-8-5-10(2)6-9-11;1-5-6(2,3)4/h5-6,8H,3-4,7,9H2,1-2H3;1H3,(H,2,3,4). The first kappa shape index (κ1) is 16.1. The van der Waals surface area contributed by atoms with E-state index in [1.807, 2.05) is 0 Å². The minimum Gasteiger partial charge on any atom is -0.374 e. The molecule has 1 rings (SSSR count). The average Bonchev–Trinajstić information content (AvgIpc) is 2.28. The summed E-state index contributed by atoms with van der Waals surface area (Å²) in [6.07, 6.45) is 9.24. The van der Waals surface area contributed by atoms with Crippen LogP contribution in [0.2, 0.25) is 0 Å². The fraction of sp³-hybridized carbons (Fsp3) is 0.636. The third-order valence-corrected chi connectivity index (χ3v) is 2.63. The number of rotatable bonds is 4. The zero-order chi connectivity index (χ0) is 13.3. The fourth-order valence-electron chi connectivity index (χ4n) is 1.14. The van der Waals surface area contributed by atoms with Crippen molar-refractivity contribution in [1.82, 2.24) is 4.90 Å². The maximum Gasteiger partial charge on any atom is 0.397 e. The number of hydrogen-bond donors (Lipinski definition) is 1. The van der Waals surface area contributed by atoms with Crippen molar-refractivity contribution in [3.8, 4) is 0 Å². The van der Waals surface area contributed by atoms with E-state index in [1.54, 1.807) is 0 Å². The number of nitrogens with zero attached hydrogens (tertiary/aromatic N) is 1. The first-order chi connectivity index (χ1) is 7.89. The van der Waals surface area contributed by atoms with Crippen LogP contribution in [-0.2, 0) is 14.6 Å². The maximum absolute atomic E-state index is 9.33. The molecule has 5 nitrogen and oxygen atoms in total. The molecule has 0 aliphatic carbocycles. The summed E-state index contributed by atoms with van der Waals surface area (Å²) in [5, 5.41) is 0. The molecule has 0 saturated heterocycles. The summed E-state index contributed by atoms with van der Waals surface area (Å²) in [6, 6.07) is 0. The Hall–Kier alpha value is -0.850. The van der Waals surface area contributed by atoms with Crippen LogP contribution in [0.3, 0.4) is 0 Å². The molecule has 0 fully saturated rings. The first-order valence-electron chi connectivity index (χ1n) is 5.51. The van der Waals surface area contributed by atoms with Gasteiger partial charge in [-0.1, -0.05) is 25.0 Å². The minimum atomic E-state index is -4.16. The van der Waals surface area contributed by atoms with Crippen LogP contribution in [0, 0.1) is 0 Å². The van der Waals surface area contributed by atoms with Gasteiger partial charge in [0.1, 0.15) is 0 Å². The largest absolute Gasteiger partial charge is 0.397 e. The molecule has 100 valence electrons. The Labute approximate surface area is 104 Å². The Morgan fingerprint density at radius 2 is 2.12 bits per heavy atom. The lowest BCUT2D eigenvalue weighted by Crippen LogP contribution is -2.20. The Balaban J connectivity index is 0.000000366. The monoisotopic (exact) mass is 263 g/mol. The Bertz CT molecular complexity index is 360. The lowest BCUT2D eigenvalue weighted by molar-refractivity contribution is 0.324. The summed E-state index contributed by atoms with van der Waals surface area (Å²) in [6.45, 7) is 6.68. The van der Waals surface area contributed by atoms with Crippen LogP contribution in [0.25, 0.3) is 0 Å². The Morgan fingerprint density at radius 1 is 1.53 bits per heavy atom. The highest BCUT2D eigenvalue weighted by Crippen LogP contribution is 2.06. The number of allylic oxidation sites excluding steroid dienone is 2. The molecule has 0 aromatic carbocycles. The molecule has 0 saturated carbocycles. The average molecular weight is 263 g/mol. The summed E-state index contributed by atoms with van der Waals surface area (Å²) in [5.74, 6) is 0. The molecule has 0 atom stereocenters. The van der Waals surface area contributed by atoms with Crippen LogP contribution in [0.15, 0.2) is 23.9 Å². The summed E-state index contributed by atoms with van der Waals surface area (Å²) in [4.78, 5) is 2.36. The van der Waals surface area contributed by atoms with Gasteiger partial charge in [-0.2, -0.15) is 8.42 Å². The van der Waals surface area contributed by atoms with Gasteiger partial charge < -0.3 is 4.90 Å². The molecule has 0 spiro atoms. The molecule has 0 aromatic heterocycles. The van der Waals surface area contributed by atoms with Gasteiger partial charge >= 0.3 is 10.4 Å². The molecule has 0 radical (unpaired) electrons. The van der Waals surface area contributed by atoms with Gasteiger partial charge in [0.05, 0.1) is 7.11 Å². The molecule has 0 bridgehead atoms. The van der Waals surface area contributed by atoms with Crippen LogP contribution in [0.5, 0.6) is 0 Å². The molecular weight excluding hydrogens is 242 g/mol. The van der Waals surface area contributed by atoms with E-state index >= 15 is 0 Å². The van der Waals surface area contributed by atoms with Crippen molar-refractivity contribution in [2.45, 2.75) is 26.7 Å². The van der Waals surface area contributed by atoms with Crippen LogP contribution < -0.4 is 0 Å². The number of hydrogen-bond acceptors (Lipinski definition) is 4. The highest BCUT2D eigenvalue weighted by molar-refractivity contribution is 7.80. The highest BCUT2D eigenvalue weighted by atomic mass is 32.3. The van der Waals surface area contributed by atoms with Crippen molar-refractivity contribution in [1.29, 1.82) is 0 Å². The van der Waals surface area contributed by atoms with Gasteiger partial charge in [0.15, 0.2) is 0 Å². The van der Waals surface area contributed by atoms with Crippen LogP contribution in [0.1, 0.15) is 26.7 Å². The molecule has 6 heteroatoms. The maximum atomic E-state index is 9.33. The van der Waals surface area contributed by atoms with Crippen molar-refractivity contribution in [3.63, 3.8) is 0 Å². The van der Waals surface area contributed by atoms with Crippen molar-refractivity contribution < 1.29 is 17.2 Å². The first-order valence-corrected chi connectivity index (χ1v) is 6.87. The minimum absolute atomic E-state index is 0.870. The van der Waals surface area contributed by atoms with Crippen molar-refractivity contribution in [2.75, 3.05) is 20.2 Å². The predicted molar refractivity (Wildman–Crippen MR) is 67.9 cm³/mol. The lowest BCUT2D eigenvalue weighted by Gasteiger charge is -2.21. The predicted octanol–water partition coefficient (Wildman–Crippen LogP) is 2.00. The van der Waals surface area contributed by atoms with Gasteiger partial charge in [-0.15, -0.1) is 0 Å². The van der Waals surface area contributed by atoms with E-state index in [-0.39, 0.29) is 0 Å². The fourth-order valence-corrected chi connectivity index (χ4v) is 1.14. The highest BCUT2D eigenvalue weighted by Gasteiger charge is 1.99. The van der Waals surface area contributed by atoms with Crippen molar-refractivity contribution in [2.24, 2.45) is 0 Å². The van der Waals surface area contributed by atoms with E-state index in [1.165, 1.54) is 25.0 Å². The van der Waals surface area contributed by atoms with E-state index in [2.05, 4.69) is 41.3 Å². The van der Waals surface area contributed by atoms with Gasteiger partial charge in [-0.05, 0) is 25.6 Å². The topological polar surface area (TPSA) is 66.8 Å². The summed E-state index contributed by atoms with van der Waals surface area (Å²) < 4.78 is 29.7. The van der Waals surface area contributed by atoms with Gasteiger partial charge in [-0.25, -0.2) is 0 Å². The second kappa shape index (κ2) is 8.27. The van der Waals surface area contributed by atoms with E-state index < -0.39 is 10.4 Å². The second-order valence-electron chi connectivity index (χ2n) is 3.71. The van der Waals surface area contributed by atoms with Crippen LogP contribution in [-0.4, -0.2) is 38.1 Å². The summed E-state index contributed by atoms with van der Waals surface area (Å²) in [5.41, 5.74) is 1.39. The number of unbranched alkanes of at least 4 members (excludes halogenated alkanes) is 1. The second-order valence-corrected chi connectivity index (χ2v) is 4.90. The lowest BCUT2D eigenvalue weighted by atomic mass is 10.2. The molecule has 1 aliphatic heterocycles. The van der Waals surface area contributed by atoms with Crippen molar-refractivity contribution >= 4 is 10.4 Å². The smallest absolute Gasteiger partial charge is 0.374 e. The summed E-state index contributed by atoms with van der Waals surface area (Å²) >= 11 is 0. The quantitative estimate of drug-likeness (QED) is 0.786. The summed E-state index contributed by atoms with van der Waals surface area (Å²) in [7, 11) is -3.29. The van der Waals surface area contributed by atoms with Gasteiger partial charge in [0.25, 0.3) is 0 Å². The van der Waals surface area contributed by atoms with E-state index in [0.29, 0.717) is 0 Å². The molecule has 17 heavy (non-hydrogen) atoms. The van der Waals surface area contributed by atoms with Gasteiger partial charge in [-0.3, -0.25) is 8.74 Å². The zero-order valence-corrected chi connectivity index (χ0v) is 11.4. The van der Waals surface area contributed by atoms with Crippen LogP contribution in [0.4, 0.5) is 0 Å². The SMILES string of the molecule is CCCCN1C=CC(C)=CC1.COS(=O)(=O)O. The molecule has 1 aliphatic rings. The van der Waals surface area contributed by atoms with E-state index in [9.17, 15) is 8.42 Å². The Kier molecular flexibility index (Phi) is 7.86. The molecular formula is C11H21NO4S. The normalized spacial score (nSPS) is 15.1. The molecule has 0 aromatic rings. The van der Waals surface area contributed by atoms with E-state index in [4.69, 9.17) is 4.55 Å². The van der Waals surface area contributed by atoms with Crippen molar-refractivity contribution in [3.05, 3.63) is 23.9 Å². The van der Waals surface area contributed by atoms with Crippen LogP contribution >= 0.6 is 0 Å². The van der Waals surface area contributed by atoms with Gasteiger partial charge in [0, 0.05) is 13.1 Å². The molecule has 1 N–H and O–H groups in total. The van der Waals surface area contributed by atoms with E-state index in [0.717, 1.165) is 13.7 Å². The van der Waals surface area contributed by atoms with Gasteiger partial charge in [0.2, 0.25) is 0 Å². The molecule has 0 amide bonds. The molecule has 0 unspecified atom stereocenters. The third-order valence-electron chi connectivity index (χ3n) is 2.21. The third kappa shape index (κ3) is 10.0. The molecule has 1 heterocycles.